The maximum absolute atomic E-state index is 14.7. The Kier molecular flexibility index (Phi) is 7.27. The molecular formula is C26H29F4N3O4S. The second kappa shape index (κ2) is 10.2. The largest absolute Gasteiger partial charge is 0.401 e. The summed E-state index contributed by atoms with van der Waals surface area (Å²) in [5.74, 6) is -1.48. The number of carbonyl (C=O) groups excluding carboxylic acids is 1. The van der Waals surface area contributed by atoms with E-state index < -0.39 is 51.1 Å². The molecule has 1 spiro atoms. The molecule has 38 heavy (non-hydrogen) atoms. The van der Waals surface area contributed by atoms with Crippen LogP contribution in [0.2, 0.25) is 0 Å². The van der Waals surface area contributed by atoms with E-state index >= 15 is 0 Å². The first kappa shape index (κ1) is 27.0. The molecule has 3 aliphatic rings. The number of likely N-dealkylation sites (tertiary alicyclic amines) is 1. The lowest BCUT2D eigenvalue weighted by molar-refractivity contribution is -0.205. The minimum absolute atomic E-state index is 0.00856. The third-order valence-corrected chi connectivity index (χ3v) is 8.79. The average Bonchev–Trinajstić information content (AvgIpc) is 3.66. The summed E-state index contributed by atoms with van der Waals surface area (Å²) < 4.78 is 88.1. The van der Waals surface area contributed by atoms with Gasteiger partial charge < -0.3 is 9.64 Å². The number of piperidine rings is 1. The lowest BCUT2D eigenvalue weighted by Gasteiger charge is -2.50. The third-order valence-electron chi connectivity index (χ3n) is 7.23. The predicted octanol–water partition coefficient (Wildman–Crippen LogP) is 3.88. The molecule has 2 saturated heterocycles. The van der Waals surface area contributed by atoms with Crippen molar-refractivity contribution in [1.29, 1.82) is 0 Å². The molecule has 2 aliphatic heterocycles. The Balaban J connectivity index is 1.28. The molecule has 2 aromatic carbocycles. The van der Waals surface area contributed by atoms with E-state index in [1.807, 2.05) is 30.3 Å². The highest BCUT2D eigenvalue weighted by Crippen LogP contribution is 2.39. The monoisotopic (exact) mass is 555 g/mol. The Bertz CT molecular complexity index is 1280. The molecule has 1 unspecified atom stereocenters. The summed E-state index contributed by atoms with van der Waals surface area (Å²) in [5.41, 5.74) is -0.0634. The number of sulfonamides is 1. The van der Waals surface area contributed by atoms with Gasteiger partial charge in [0.1, 0.15) is 10.7 Å². The number of hydrogen-bond acceptors (Lipinski definition) is 5. The maximum atomic E-state index is 14.7. The Morgan fingerprint density at radius 2 is 1.76 bits per heavy atom. The van der Waals surface area contributed by atoms with Gasteiger partial charge in [-0.05, 0) is 49.4 Å². The Labute approximate surface area is 218 Å². The normalized spacial score (nSPS) is 22.5. The van der Waals surface area contributed by atoms with Gasteiger partial charge in [0.05, 0.1) is 18.2 Å². The summed E-state index contributed by atoms with van der Waals surface area (Å²) in [6.07, 6.45) is -2.85. The van der Waals surface area contributed by atoms with Crippen molar-refractivity contribution in [3.05, 3.63) is 65.5 Å². The van der Waals surface area contributed by atoms with Gasteiger partial charge >= 0.3 is 6.18 Å². The fourth-order valence-electron chi connectivity index (χ4n) is 5.21. The number of ether oxygens (including phenoxy) is 1. The van der Waals surface area contributed by atoms with Crippen LogP contribution in [0.4, 0.5) is 17.6 Å². The van der Waals surface area contributed by atoms with Gasteiger partial charge in [-0.1, -0.05) is 30.3 Å². The quantitative estimate of drug-likeness (QED) is 0.548. The van der Waals surface area contributed by atoms with Crippen molar-refractivity contribution in [3.8, 4) is 0 Å². The Morgan fingerprint density at radius 1 is 1.08 bits per heavy atom. The molecule has 7 nitrogen and oxygen atoms in total. The van der Waals surface area contributed by atoms with Crippen LogP contribution in [0.15, 0.2) is 53.4 Å². The Hall–Kier alpha value is -2.54. The van der Waals surface area contributed by atoms with Gasteiger partial charge in [0.15, 0.2) is 0 Å². The smallest absolute Gasteiger partial charge is 0.364 e. The predicted molar refractivity (Wildman–Crippen MR) is 130 cm³/mol. The van der Waals surface area contributed by atoms with Gasteiger partial charge in [-0.15, -0.1) is 0 Å². The molecule has 1 N–H and O–H groups in total. The molecule has 3 fully saturated rings. The van der Waals surface area contributed by atoms with Gasteiger partial charge in [-0.25, -0.2) is 17.5 Å². The maximum Gasteiger partial charge on any atom is 0.401 e. The SMILES string of the molecule is O=C(c1ccc(S(=O)(=O)NC2CC2)c(F)c1)N1CCC2(CC1)CN(CC(F)(F)F)CC(c1ccccc1)O2. The molecule has 0 radical (unpaired) electrons. The van der Waals surface area contributed by atoms with Crippen molar-refractivity contribution >= 4 is 15.9 Å². The Morgan fingerprint density at radius 3 is 2.37 bits per heavy atom. The zero-order chi connectivity index (χ0) is 27.1. The van der Waals surface area contributed by atoms with Gasteiger partial charge in [-0.2, -0.15) is 13.2 Å². The number of nitrogens with zero attached hydrogens (tertiary/aromatic N) is 2. The lowest BCUT2D eigenvalue weighted by atomic mass is 9.87. The molecule has 1 atom stereocenters. The standard InChI is InChI=1S/C26H29F4N3O4S/c27-21-14-19(6-9-23(21)38(35,36)31-20-7-8-20)24(34)33-12-10-25(11-13-33)16-32(17-26(28,29)30)15-22(37-25)18-4-2-1-3-5-18/h1-6,9,14,20,22,31H,7-8,10-13,15-17H2. The fraction of sp³-hybridized carbons (Fsp3) is 0.500. The molecule has 0 aromatic heterocycles. The van der Waals surface area contributed by atoms with E-state index in [1.54, 1.807) is 0 Å². The molecule has 206 valence electrons. The number of nitrogens with one attached hydrogen (secondary N) is 1. The van der Waals surface area contributed by atoms with E-state index in [0.717, 1.165) is 17.7 Å². The van der Waals surface area contributed by atoms with Crippen molar-refractivity contribution in [2.75, 3.05) is 32.7 Å². The van der Waals surface area contributed by atoms with Crippen molar-refractivity contribution in [1.82, 2.24) is 14.5 Å². The fourth-order valence-corrected chi connectivity index (χ4v) is 6.57. The van der Waals surface area contributed by atoms with Gasteiger partial charge in [0.2, 0.25) is 10.0 Å². The molecule has 2 heterocycles. The van der Waals surface area contributed by atoms with Crippen LogP contribution in [-0.4, -0.2) is 74.7 Å². The number of benzene rings is 2. The molecule has 1 amide bonds. The third kappa shape index (κ3) is 6.19. The van der Waals surface area contributed by atoms with Crippen LogP contribution in [0.3, 0.4) is 0 Å². The van der Waals surface area contributed by atoms with Crippen molar-refractivity contribution in [2.45, 2.75) is 54.5 Å². The number of halogens is 4. The number of morpholine rings is 1. The van der Waals surface area contributed by atoms with E-state index in [2.05, 4.69) is 4.72 Å². The molecular weight excluding hydrogens is 526 g/mol. The van der Waals surface area contributed by atoms with E-state index in [9.17, 15) is 30.8 Å². The topological polar surface area (TPSA) is 79.0 Å². The minimum atomic E-state index is -4.35. The summed E-state index contributed by atoms with van der Waals surface area (Å²) in [7, 11) is -4.01. The molecule has 2 aromatic rings. The summed E-state index contributed by atoms with van der Waals surface area (Å²) in [6.45, 7) is -0.421. The zero-order valence-electron chi connectivity index (χ0n) is 20.6. The van der Waals surface area contributed by atoms with Crippen molar-refractivity contribution in [2.24, 2.45) is 0 Å². The number of amides is 1. The van der Waals surface area contributed by atoms with E-state index in [1.165, 1.54) is 15.9 Å². The van der Waals surface area contributed by atoms with Crippen LogP contribution in [0.1, 0.15) is 47.7 Å². The molecule has 5 rings (SSSR count). The number of carbonyl (C=O) groups is 1. The van der Waals surface area contributed by atoms with Crippen molar-refractivity contribution < 1.29 is 35.5 Å². The van der Waals surface area contributed by atoms with Gasteiger partial charge in [-0.3, -0.25) is 9.69 Å². The first-order chi connectivity index (χ1) is 17.9. The summed E-state index contributed by atoms with van der Waals surface area (Å²) >= 11 is 0. The zero-order valence-corrected chi connectivity index (χ0v) is 21.4. The van der Waals surface area contributed by atoms with Crippen LogP contribution >= 0.6 is 0 Å². The first-order valence-electron chi connectivity index (χ1n) is 12.6. The van der Waals surface area contributed by atoms with E-state index in [0.29, 0.717) is 25.7 Å². The summed E-state index contributed by atoms with van der Waals surface area (Å²) in [4.78, 5) is 15.5. The summed E-state index contributed by atoms with van der Waals surface area (Å²) in [6, 6.07) is 12.2. The lowest BCUT2D eigenvalue weighted by Crippen LogP contribution is -2.59. The van der Waals surface area contributed by atoms with Crippen LogP contribution in [0, 0.1) is 5.82 Å². The molecule has 12 heteroatoms. The second-order valence-electron chi connectivity index (χ2n) is 10.3. The minimum Gasteiger partial charge on any atom is -0.364 e. The van der Waals surface area contributed by atoms with Crippen LogP contribution in [-0.2, 0) is 14.8 Å². The molecule has 0 bridgehead atoms. The number of alkyl halides is 3. The van der Waals surface area contributed by atoms with Crippen LogP contribution in [0.5, 0.6) is 0 Å². The highest BCUT2D eigenvalue weighted by Gasteiger charge is 2.46. The second-order valence-corrected chi connectivity index (χ2v) is 12.0. The highest BCUT2D eigenvalue weighted by atomic mass is 32.2. The highest BCUT2D eigenvalue weighted by molar-refractivity contribution is 7.89. The van der Waals surface area contributed by atoms with Crippen molar-refractivity contribution in [3.63, 3.8) is 0 Å². The van der Waals surface area contributed by atoms with E-state index in [4.69, 9.17) is 4.74 Å². The van der Waals surface area contributed by atoms with Gasteiger partial charge in [0.25, 0.3) is 5.91 Å². The first-order valence-corrected chi connectivity index (χ1v) is 14.0. The molecule has 1 saturated carbocycles. The molecule has 1 aliphatic carbocycles. The number of rotatable bonds is 6. The number of hydrogen-bond donors (Lipinski definition) is 1. The van der Waals surface area contributed by atoms with E-state index in [-0.39, 0.29) is 37.8 Å². The van der Waals surface area contributed by atoms with Crippen LogP contribution in [0.25, 0.3) is 0 Å². The van der Waals surface area contributed by atoms with Crippen LogP contribution < -0.4 is 4.72 Å². The van der Waals surface area contributed by atoms with Gasteiger partial charge in [0, 0.05) is 37.8 Å². The summed E-state index contributed by atoms with van der Waals surface area (Å²) in [5, 5.41) is 0. The average molecular weight is 556 g/mol.